The number of nitrogens with zero attached hydrogens (tertiary/aromatic N) is 1. The fraction of sp³-hybridized carbons (Fsp3) is 0.588. The van der Waals surface area contributed by atoms with Crippen LogP contribution < -0.4 is 4.74 Å². The van der Waals surface area contributed by atoms with Crippen molar-refractivity contribution in [3.63, 3.8) is 0 Å². The second-order valence-electron chi connectivity index (χ2n) is 5.73. The summed E-state index contributed by atoms with van der Waals surface area (Å²) in [5.74, 6) is 1.05. The molecule has 1 aromatic carbocycles. The van der Waals surface area contributed by atoms with Crippen LogP contribution in [0.5, 0.6) is 11.5 Å². The number of likely N-dealkylation sites (tertiary alicyclic amines) is 1. The summed E-state index contributed by atoms with van der Waals surface area (Å²) in [6, 6.07) is 5.52. The van der Waals surface area contributed by atoms with E-state index in [0.29, 0.717) is 24.7 Å². The largest absolute Gasteiger partial charge is 0.504 e. The number of hydrogen-bond donors (Lipinski definition) is 1. The summed E-state index contributed by atoms with van der Waals surface area (Å²) in [6.07, 6.45) is 2.56. The molecule has 130 valence electrons. The van der Waals surface area contributed by atoms with Gasteiger partial charge in [0, 0.05) is 13.0 Å². The number of piperidine rings is 1. The molecule has 0 bridgehead atoms. The van der Waals surface area contributed by atoms with Crippen molar-refractivity contribution in [2.24, 2.45) is 5.92 Å². The number of rotatable bonds is 6. The quantitative estimate of drug-likeness (QED) is 0.805. The molecule has 2 rings (SSSR count). The molecular weight excluding hydrogens is 318 g/mol. The molecule has 1 aromatic rings. The Bertz CT molecular complexity index is 501. The second kappa shape index (κ2) is 9.63. The van der Waals surface area contributed by atoms with Crippen molar-refractivity contribution in [1.29, 1.82) is 0 Å². The van der Waals surface area contributed by atoms with Crippen LogP contribution in [0.2, 0.25) is 0 Å². The van der Waals surface area contributed by atoms with Gasteiger partial charge in [0.1, 0.15) is 0 Å². The predicted octanol–water partition coefficient (Wildman–Crippen LogP) is 2.99. The van der Waals surface area contributed by atoms with Crippen LogP contribution in [0.15, 0.2) is 18.2 Å². The maximum Gasteiger partial charge on any atom is 0.305 e. The molecule has 0 radical (unpaired) electrons. The van der Waals surface area contributed by atoms with Crippen molar-refractivity contribution >= 4 is 18.4 Å². The molecule has 1 saturated heterocycles. The number of benzene rings is 1. The van der Waals surface area contributed by atoms with Gasteiger partial charge in [-0.05, 0) is 56.5 Å². The first kappa shape index (κ1) is 19.6. The summed E-state index contributed by atoms with van der Waals surface area (Å²) in [5.41, 5.74) is 1.13. The molecule has 1 heterocycles. The van der Waals surface area contributed by atoms with Gasteiger partial charge in [0.15, 0.2) is 11.5 Å². The fourth-order valence-corrected chi connectivity index (χ4v) is 2.85. The first-order chi connectivity index (χ1) is 10.6. The minimum absolute atomic E-state index is 0. The highest BCUT2D eigenvalue weighted by Crippen LogP contribution is 2.28. The van der Waals surface area contributed by atoms with E-state index in [0.717, 1.165) is 38.0 Å². The number of esters is 1. The van der Waals surface area contributed by atoms with Gasteiger partial charge in [-0.15, -0.1) is 12.4 Å². The normalized spacial score (nSPS) is 15.7. The molecule has 0 aliphatic carbocycles. The van der Waals surface area contributed by atoms with E-state index in [1.165, 1.54) is 7.11 Å². The Labute approximate surface area is 144 Å². The van der Waals surface area contributed by atoms with Gasteiger partial charge in [-0.3, -0.25) is 9.69 Å². The van der Waals surface area contributed by atoms with E-state index in [-0.39, 0.29) is 24.1 Å². The fourth-order valence-electron chi connectivity index (χ4n) is 2.85. The second-order valence-corrected chi connectivity index (χ2v) is 5.73. The summed E-state index contributed by atoms with van der Waals surface area (Å²) < 4.78 is 10.2. The molecule has 1 N–H and O–H groups in total. The number of aromatic hydroxyl groups is 1. The molecular formula is C17H26ClNO4. The van der Waals surface area contributed by atoms with Crippen molar-refractivity contribution in [3.05, 3.63) is 23.8 Å². The van der Waals surface area contributed by atoms with E-state index in [4.69, 9.17) is 9.47 Å². The Morgan fingerprint density at radius 1 is 1.35 bits per heavy atom. The lowest BCUT2D eigenvalue weighted by molar-refractivity contribution is -0.142. The van der Waals surface area contributed by atoms with Gasteiger partial charge >= 0.3 is 5.97 Å². The Kier molecular flexibility index (Phi) is 8.20. The molecule has 1 aliphatic rings. The lowest BCUT2D eigenvalue weighted by Crippen LogP contribution is -2.34. The Morgan fingerprint density at radius 2 is 2.04 bits per heavy atom. The number of phenolic OH excluding ortho intramolecular Hbond substituents is 1. The van der Waals surface area contributed by atoms with Gasteiger partial charge < -0.3 is 14.6 Å². The van der Waals surface area contributed by atoms with Crippen molar-refractivity contribution in [1.82, 2.24) is 4.90 Å². The number of methoxy groups -OCH3 is 1. The molecule has 23 heavy (non-hydrogen) atoms. The highest BCUT2D eigenvalue weighted by molar-refractivity contribution is 5.85. The smallest absolute Gasteiger partial charge is 0.305 e. The van der Waals surface area contributed by atoms with Gasteiger partial charge in [0.05, 0.1) is 13.7 Å². The predicted molar refractivity (Wildman–Crippen MR) is 91.2 cm³/mol. The van der Waals surface area contributed by atoms with E-state index in [1.54, 1.807) is 6.07 Å². The number of carbonyl (C=O) groups is 1. The van der Waals surface area contributed by atoms with E-state index in [9.17, 15) is 9.90 Å². The monoisotopic (exact) mass is 343 g/mol. The number of halogens is 1. The van der Waals surface area contributed by atoms with Crippen LogP contribution in [-0.2, 0) is 16.1 Å². The molecule has 0 spiro atoms. The molecule has 5 nitrogen and oxygen atoms in total. The third-order valence-corrected chi connectivity index (χ3v) is 4.12. The highest BCUT2D eigenvalue weighted by Gasteiger charge is 2.22. The third kappa shape index (κ3) is 5.92. The van der Waals surface area contributed by atoms with Crippen LogP contribution >= 0.6 is 12.4 Å². The standard InChI is InChI=1S/C17H25NO4.ClH/c1-3-22-16-10-14(4-5-15(16)19)12-18-8-6-13(7-9-18)11-17(20)21-2;/h4-5,10,13,19H,3,6-9,11-12H2,1-2H3;1H. The number of carbonyl (C=O) groups excluding carboxylic acids is 1. The first-order valence-electron chi connectivity index (χ1n) is 7.86. The van der Waals surface area contributed by atoms with Crippen molar-refractivity contribution in [2.45, 2.75) is 32.7 Å². The van der Waals surface area contributed by atoms with Crippen molar-refractivity contribution in [2.75, 3.05) is 26.8 Å². The zero-order chi connectivity index (χ0) is 15.9. The van der Waals surface area contributed by atoms with Crippen molar-refractivity contribution in [3.8, 4) is 11.5 Å². The zero-order valence-electron chi connectivity index (χ0n) is 13.8. The van der Waals surface area contributed by atoms with E-state index >= 15 is 0 Å². The SMILES string of the molecule is CCOc1cc(CN2CCC(CC(=O)OC)CC2)ccc1O.Cl. The maximum atomic E-state index is 11.3. The van der Waals surface area contributed by atoms with E-state index in [1.807, 2.05) is 19.1 Å². The number of hydrogen-bond acceptors (Lipinski definition) is 5. The summed E-state index contributed by atoms with van der Waals surface area (Å²) in [4.78, 5) is 13.7. The van der Waals surface area contributed by atoms with Crippen LogP contribution in [0, 0.1) is 5.92 Å². The molecule has 1 fully saturated rings. The average Bonchev–Trinajstić information content (AvgIpc) is 2.52. The Morgan fingerprint density at radius 3 is 2.65 bits per heavy atom. The number of ether oxygens (including phenoxy) is 2. The van der Waals surface area contributed by atoms with Crippen LogP contribution in [0.4, 0.5) is 0 Å². The molecule has 0 aromatic heterocycles. The van der Waals surface area contributed by atoms with Crippen LogP contribution in [0.1, 0.15) is 31.7 Å². The van der Waals surface area contributed by atoms with Gasteiger partial charge in [-0.2, -0.15) is 0 Å². The zero-order valence-corrected chi connectivity index (χ0v) is 14.6. The molecule has 0 saturated carbocycles. The Hall–Kier alpha value is -1.46. The molecule has 0 amide bonds. The van der Waals surface area contributed by atoms with Crippen LogP contribution in [-0.4, -0.2) is 42.8 Å². The van der Waals surface area contributed by atoms with Crippen molar-refractivity contribution < 1.29 is 19.4 Å². The average molecular weight is 344 g/mol. The minimum Gasteiger partial charge on any atom is -0.504 e. The van der Waals surface area contributed by atoms with Gasteiger partial charge in [0.25, 0.3) is 0 Å². The van der Waals surface area contributed by atoms with Gasteiger partial charge in [-0.25, -0.2) is 0 Å². The van der Waals surface area contributed by atoms with Gasteiger partial charge in [0.2, 0.25) is 0 Å². The summed E-state index contributed by atoms with van der Waals surface area (Å²) in [6.45, 7) is 5.23. The Balaban J connectivity index is 0.00000264. The summed E-state index contributed by atoms with van der Waals surface area (Å²) in [7, 11) is 1.44. The summed E-state index contributed by atoms with van der Waals surface area (Å²) in [5, 5.41) is 9.73. The topological polar surface area (TPSA) is 59.0 Å². The minimum atomic E-state index is -0.113. The molecule has 1 aliphatic heterocycles. The van der Waals surface area contributed by atoms with E-state index < -0.39 is 0 Å². The number of phenols is 1. The van der Waals surface area contributed by atoms with Crippen LogP contribution in [0.25, 0.3) is 0 Å². The molecule has 0 unspecified atom stereocenters. The lowest BCUT2D eigenvalue weighted by atomic mass is 9.93. The lowest BCUT2D eigenvalue weighted by Gasteiger charge is -2.31. The van der Waals surface area contributed by atoms with Gasteiger partial charge in [-0.1, -0.05) is 6.07 Å². The maximum absolute atomic E-state index is 11.3. The molecule has 6 heteroatoms. The first-order valence-corrected chi connectivity index (χ1v) is 7.86. The highest BCUT2D eigenvalue weighted by atomic mass is 35.5. The molecule has 0 atom stereocenters. The third-order valence-electron chi connectivity index (χ3n) is 4.12. The van der Waals surface area contributed by atoms with E-state index in [2.05, 4.69) is 4.90 Å². The summed E-state index contributed by atoms with van der Waals surface area (Å²) >= 11 is 0. The van der Waals surface area contributed by atoms with Crippen LogP contribution in [0.3, 0.4) is 0 Å².